The van der Waals surface area contributed by atoms with E-state index in [1.807, 2.05) is 24.3 Å². The van der Waals surface area contributed by atoms with Gasteiger partial charge in [0.2, 0.25) is 0 Å². The Bertz CT molecular complexity index is 881. The second-order valence-electron chi connectivity index (χ2n) is 5.06. The minimum Gasteiger partial charge on any atom is -0.457 e. The zero-order valence-electron chi connectivity index (χ0n) is 13.1. The molecule has 0 aliphatic heterocycles. The van der Waals surface area contributed by atoms with Crippen molar-refractivity contribution in [3.8, 4) is 11.5 Å². The Morgan fingerprint density at radius 2 is 1.80 bits per heavy atom. The molecular formula is C19H14ClN3O2. The van der Waals surface area contributed by atoms with Crippen molar-refractivity contribution < 1.29 is 9.53 Å². The highest BCUT2D eigenvalue weighted by Crippen LogP contribution is 2.23. The predicted octanol–water partition coefficient (Wildman–Crippen LogP) is 4.29. The second-order valence-corrected chi connectivity index (χ2v) is 5.50. The maximum absolute atomic E-state index is 11.9. The van der Waals surface area contributed by atoms with Crippen LogP contribution in [0.4, 0.5) is 0 Å². The average molecular weight is 352 g/mol. The standard InChI is InChI=1S/C19H14ClN3O2/c20-16-4-6-17(7-5-16)25-18-3-1-2-14(12-18)13-22-23-19(24)15-8-10-21-11-9-15/h1-13H,(H,23,24)/b22-13-. The van der Waals surface area contributed by atoms with Crippen LogP contribution < -0.4 is 10.2 Å². The Hall–Kier alpha value is -3.18. The molecule has 0 radical (unpaired) electrons. The molecule has 25 heavy (non-hydrogen) atoms. The van der Waals surface area contributed by atoms with Gasteiger partial charge in [0.05, 0.1) is 6.21 Å². The van der Waals surface area contributed by atoms with E-state index in [9.17, 15) is 4.79 Å². The van der Waals surface area contributed by atoms with E-state index in [2.05, 4.69) is 15.5 Å². The first kappa shape index (κ1) is 16.7. The van der Waals surface area contributed by atoms with Crippen molar-refractivity contribution in [2.45, 2.75) is 0 Å². The number of amides is 1. The number of aromatic nitrogens is 1. The number of pyridine rings is 1. The quantitative estimate of drug-likeness (QED) is 0.551. The largest absolute Gasteiger partial charge is 0.457 e. The van der Waals surface area contributed by atoms with Crippen molar-refractivity contribution in [2.75, 3.05) is 0 Å². The lowest BCUT2D eigenvalue weighted by Gasteiger charge is -2.06. The van der Waals surface area contributed by atoms with E-state index in [-0.39, 0.29) is 5.91 Å². The molecule has 2 aromatic carbocycles. The molecule has 1 aromatic heterocycles. The lowest BCUT2D eigenvalue weighted by Crippen LogP contribution is -2.17. The van der Waals surface area contributed by atoms with Crippen LogP contribution in [-0.2, 0) is 0 Å². The number of halogens is 1. The molecule has 0 spiro atoms. The number of benzene rings is 2. The zero-order chi connectivity index (χ0) is 17.5. The number of nitrogens with zero attached hydrogens (tertiary/aromatic N) is 2. The highest BCUT2D eigenvalue weighted by atomic mass is 35.5. The van der Waals surface area contributed by atoms with Gasteiger partial charge in [0.15, 0.2) is 0 Å². The summed E-state index contributed by atoms with van der Waals surface area (Å²) in [6.45, 7) is 0. The summed E-state index contributed by atoms with van der Waals surface area (Å²) in [4.78, 5) is 15.7. The summed E-state index contributed by atoms with van der Waals surface area (Å²) in [7, 11) is 0. The van der Waals surface area contributed by atoms with Gasteiger partial charge >= 0.3 is 0 Å². The van der Waals surface area contributed by atoms with Crippen LogP contribution in [0.15, 0.2) is 78.2 Å². The minimum absolute atomic E-state index is 0.299. The first-order valence-corrected chi connectivity index (χ1v) is 7.85. The molecule has 0 bridgehead atoms. The third kappa shape index (κ3) is 4.89. The van der Waals surface area contributed by atoms with E-state index in [0.717, 1.165) is 5.56 Å². The summed E-state index contributed by atoms with van der Waals surface area (Å²) in [5.41, 5.74) is 3.76. The lowest BCUT2D eigenvalue weighted by atomic mass is 10.2. The molecule has 1 N–H and O–H groups in total. The summed E-state index contributed by atoms with van der Waals surface area (Å²) in [6, 6.07) is 17.7. The normalized spacial score (nSPS) is 10.6. The van der Waals surface area contributed by atoms with E-state index in [0.29, 0.717) is 22.1 Å². The van der Waals surface area contributed by atoms with Gasteiger partial charge in [0.25, 0.3) is 5.91 Å². The number of carbonyl (C=O) groups is 1. The Kier molecular flexibility index (Phi) is 5.39. The number of rotatable bonds is 5. The average Bonchev–Trinajstić information content (AvgIpc) is 2.65. The minimum atomic E-state index is -0.299. The molecule has 3 aromatic rings. The Morgan fingerprint density at radius 3 is 2.56 bits per heavy atom. The number of nitrogens with one attached hydrogen (secondary N) is 1. The molecule has 0 saturated heterocycles. The van der Waals surface area contributed by atoms with Crippen LogP contribution in [0, 0.1) is 0 Å². The van der Waals surface area contributed by atoms with Crippen LogP contribution in [0.2, 0.25) is 5.02 Å². The third-order valence-corrected chi connectivity index (χ3v) is 3.48. The SMILES string of the molecule is O=C(N/N=C\c1cccc(Oc2ccc(Cl)cc2)c1)c1ccncc1. The summed E-state index contributed by atoms with van der Waals surface area (Å²) < 4.78 is 5.76. The van der Waals surface area contributed by atoms with E-state index in [1.165, 1.54) is 0 Å². The van der Waals surface area contributed by atoms with Crippen LogP contribution in [-0.4, -0.2) is 17.1 Å². The summed E-state index contributed by atoms with van der Waals surface area (Å²) in [6.07, 6.45) is 4.65. The first-order valence-electron chi connectivity index (χ1n) is 7.47. The fourth-order valence-corrected chi connectivity index (χ4v) is 2.16. The first-order chi connectivity index (χ1) is 12.2. The van der Waals surface area contributed by atoms with Crippen molar-refractivity contribution >= 4 is 23.7 Å². The van der Waals surface area contributed by atoms with E-state index in [4.69, 9.17) is 16.3 Å². The van der Waals surface area contributed by atoms with Gasteiger partial charge in [-0.25, -0.2) is 5.43 Å². The van der Waals surface area contributed by atoms with Crippen molar-refractivity contribution in [1.82, 2.24) is 10.4 Å². The highest BCUT2D eigenvalue weighted by molar-refractivity contribution is 6.30. The molecule has 5 nitrogen and oxygen atoms in total. The predicted molar refractivity (Wildman–Crippen MR) is 97.3 cm³/mol. The molecule has 0 aliphatic rings. The van der Waals surface area contributed by atoms with Crippen LogP contribution in [0.3, 0.4) is 0 Å². The summed E-state index contributed by atoms with van der Waals surface area (Å²) in [5.74, 6) is 1.04. The Morgan fingerprint density at radius 1 is 1.04 bits per heavy atom. The molecule has 124 valence electrons. The molecule has 0 atom stereocenters. The van der Waals surface area contributed by atoms with Gasteiger partial charge < -0.3 is 4.74 Å². The summed E-state index contributed by atoms with van der Waals surface area (Å²) >= 11 is 5.86. The van der Waals surface area contributed by atoms with Crippen molar-refractivity contribution in [3.05, 3.63) is 89.2 Å². The molecule has 3 rings (SSSR count). The van der Waals surface area contributed by atoms with Crippen LogP contribution in [0.5, 0.6) is 11.5 Å². The molecule has 1 amide bonds. The van der Waals surface area contributed by atoms with E-state index in [1.54, 1.807) is 55.0 Å². The second kappa shape index (κ2) is 8.08. The van der Waals surface area contributed by atoms with Gasteiger partial charge in [-0.1, -0.05) is 23.7 Å². The molecule has 0 saturated carbocycles. The fourth-order valence-electron chi connectivity index (χ4n) is 2.03. The molecule has 1 heterocycles. The Labute approximate surface area is 149 Å². The van der Waals surface area contributed by atoms with Gasteiger partial charge in [-0.05, 0) is 54.1 Å². The van der Waals surface area contributed by atoms with Crippen LogP contribution >= 0.6 is 11.6 Å². The molecule has 0 unspecified atom stereocenters. The number of hydrazone groups is 1. The monoisotopic (exact) mass is 351 g/mol. The van der Waals surface area contributed by atoms with E-state index >= 15 is 0 Å². The van der Waals surface area contributed by atoms with Crippen LogP contribution in [0.1, 0.15) is 15.9 Å². The Balaban J connectivity index is 1.63. The zero-order valence-corrected chi connectivity index (χ0v) is 13.9. The van der Waals surface area contributed by atoms with Gasteiger partial charge in [-0.2, -0.15) is 5.10 Å². The van der Waals surface area contributed by atoms with E-state index < -0.39 is 0 Å². The molecule has 6 heteroatoms. The maximum Gasteiger partial charge on any atom is 0.271 e. The molecular weight excluding hydrogens is 338 g/mol. The van der Waals surface area contributed by atoms with Crippen molar-refractivity contribution in [3.63, 3.8) is 0 Å². The lowest BCUT2D eigenvalue weighted by molar-refractivity contribution is 0.0955. The third-order valence-electron chi connectivity index (χ3n) is 3.23. The number of ether oxygens (including phenoxy) is 1. The topological polar surface area (TPSA) is 63.6 Å². The van der Waals surface area contributed by atoms with Crippen molar-refractivity contribution in [1.29, 1.82) is 0 Å². The smallest absolute Gasteiger partial charge is 0.271 e. The van der Waals surface area contributed by atoms with Gasteiger partial charge in [-0.3, -0.25) is 9.78 Å². The van der Waals surface area contributed by atoms with Gasteiger partial charge in [0.1, 0.15) is 11.5 Å². The summed E-state index contributed by atoms with van der Waals surface area (Å²) in [5, 5.41) is 4.61. The maximum atomic E-state index is 11.9. The number of hydrogen-bond donors (Lipinski definition) is 1. The van der Waals surface area contributed by atoms with Gasteiger partial charge in [0, 0.05) is 23.0 Å². The number of carbonyl (C=O) groups excluding carboxylic acids is 1. The molecule has 0 fully saturated rings. The van der Waals surface area contributed by atoms with Gasteiger partial charge in [-0.15, -0.1) is 0 Å². The van der Waals surface area contributed by atoms with Crippen LogP contribution in [0.25, 0.3) is 0 Å². The van der Waals surface area contributed by atoms with Crippen molar-refractivity contribution in [2.24, 2.45) is 5.10 Å². The highest BCUT2D eigenvalue weighted by Gasteiger charge is 2.02. The fraction of sp³-hybridized carbons (Fsp3) is 0. The number of hydrogen-bond acceptors (Lipinski definition) is 4. The molecule has 0 aliphatic carbocycles.